The van der Waals surface area contributed by atoms with Crippen molar-refractivity contribution < 1.29 is 9.53 Å². The Morgan fingerprint density at radius 3 is 2.36 bits per heavy atom. The molecule has 1 aliphatic carbocycles. The van der Waals surface area contributed by atoms with Gasteiger partial charge in [-0.1, -0.05) is 19.3 Å². The summed E-state index contributed by atoms with van der Waals surface area (Å²) in [4.78, 5) is 12.1. The van der Waals surface area contributed by atoms with Gasteiger partial charge in [-0.3, -0.25) is 4.79 Å². The summed E-state index contributed by atoms with van der Waals surface area (Å²) < 4.78 is 5.49. The molecule has 82 valence electrons. The third-order valence-corrected chi connectivity index (χ3v) is 3.07. The van der Waals surface area contributed by atoms with Crippen LogP contribution in [0.3, 0.4) is 0 Å². The SMILES string of the molecule is CCOC(C)(C)C(=O)C1CCCCC1. The molecule has 0 aliphatic heterocycles. The fourth-order valence-corrected chi connectivity index (χ4v) is 2.29. The van der Waals surface area contributed by atoms with E-state index in [-0.39, 0.29) is 5.92 Å². The van der Waals surface area contributed by atoms with Crippen LogP contribution in [0.5, 0.6) is 0 Å². The summed E-state index contributed by atoms with van der Waals surface area (Å²) in [7, 11) is 0. The van der Waals surface area contributed by atoms with Crippen molar-refractivity contribution in [3.8, 4) is 0 Å². The number of hydrogen-bond donors (Lipinski definition) is 0. The van der Waals surface area contributed by atoms with Crippen molar-refractivity contribution in [2.45, 2.75) is 58.5 Å². The van der Waals surface area contributed by atoms with Crippen LogP contribution in [-0.4, -0.2) is 18.0 Å². The summed E-state index contributed by atoms with van der Waals surface area (Å²) in [6.45, 7) is 6.35. The zero-order valence-corrected chi connectivity index (χ0v) is 9.64. The van der Waals surface area contributed by atoms with Gasteiger partial charge in [0.2, 0.25) is 0 Å². The molecule has 0 N–H and O–H groups in total. The molecule has 0 bridgehead atoms. The smallest absolute Gasteiger partial charge is 0.167 e. The molecule has 0 aromatic carbocycles. The van der Waals surface area contributed by atoms with Crippen molar-refractivity contribution in [3.05, 3.63) is 0 Å². The summed E-state index contributed by atoms with van der Waals surface area (Å²) >= 11 is 0. The van der Waals surface area contributed by atoms with Crippen molar-refractivity contribution in [3.63, 3.8) is 0 Å². The monoisotopic (exact) mass is 198 g/mol. The molecule has 0 saturated heterocycles. The Hall–Kier alpha value is -0.370. The minimum atomic E-state index is -0.573. The highest BCUT2D eigenvalue weighted by molar-refractivity contribution is 5.88. The largest absolute Gasteiger partial charge is 0.368 e. The molecule has 14 heavy (non-hydrogen) atoms. The molecule has 2 nitrogen and oxygen atoms in total. The summed E-state index contributed by atoms with van der Waals surface area (Å²) in [6, 6.07) is 0. The molecule has 2 heteroatoms. The number of hydrogen-bond acceptors (Lipinski definition) is 2. The molecule has 0 amide bonds. The van der Waals surface area contributed by atoms with Crippen LogP contribution in [0, 0.1) is 5.92 Å². The van der Waals surface area contributed by atoms with Gasteiger partial charge in [0.1, 0.15) is 5.60 Å². The van der Waals surface area contributed by atoms with Crippen molar-refractivity contribution >= 4 is 5.78 Å². The number of carbonyl (C=O) groups excluding carboxylic acids is 1. The normalized spacial score (nSPS) is 19.6. The van der Waals surface area contributed by atoms with Gasteiger partial charge < -0.3 is 4.74 Å². The van der Waals surface area contributed by atoms with E-state index in [2.05, 4.69) is 0 Å². The van der Waals surface area contributed by atoms with Gasteiger partial charge in [-0.05, 0) is 33.6 Å². The Bertz CT molecular complexity index is 190. The Balaban J connectivity index is 2.53. The van der Waals surface area contributed by atoms with Gasteiger partial charge in [0.25, 0.3) is 0 Å². The van der Waals surface area contributed by atoms with Gasteiger partial charge in [0.15, 0.2) is 5.78 Å². The molecule has 1 aliphatic rings. The highest BCUT2D eigenvalue weighted by Crippen LogP contribution is 2.29. The summed E-state index contributed by atoms with van der Waals surface area (Å²) in [5, 5.41) is 0. The van der Waals surface area contributed by atoms with Crippen molar-refractivity contribution in [2.24, 2.45) is 5.92 Å². The molecule has 0 spiro atoms. The predicted molar refractivity (Wildman–Crippen MR) is 57.3 cm³/mol. The first-order valence-corrected chi connectivity index (χ1v) is 5.76. The molecular weight excluding hydrogens is 176 g/mol. The Morgan fingerprint density at radius 2 is 1.86 bits per heavy atom. The highest BCUT2D eigenvalue weighted by atomic mass is 16.5. The lowest BCUT2D eigenvalue weighted by atomic mass is 9.81. The summed E-state index contributed by atoms with van der Waals surface area (Å²) in [5.74, 6) is 0.560. The number of ether oxygens (including phenoxy) is 1. The minimum absolute atomic E-state index is 0.255. The molecule has 1 rings (SSSR count). The second-order valence-corrected chi connectivity index (χ2v) is 4.64. The van der Waals surface area contributed by atoms with Crippen LogP contribution >= 0.6 is 0 Å². The lowest BCUT2D eigenvalue weighted by Crippen LogP contribution is -2.40. The first-order chi connectivity index (χ1) is 6.58. The topological polar surface area (TPSA) is 26.3 Å². The molecule has 0 unspecified atom stereocenters. The second kappa shape index (κ2) is 4.92. The molecule has 0 aromatic heterocycles. The van der Waals surface area contributed by atoms with E-state index in [1.165, 1.54) is 19.3 Å². The Labute approximate surface area is 87.0 Å². The summed E-state index contributed by atoms with van der Waals surface area (Å²) in [6.07, 6.45) is 5.83. The highest BCUT2D eigenvalue weighted by Gasteiger charge is 2.34. The first-order valence-electron chi connectivity index (χ1n) is 5.76. The maximum absolute atomic E-state index is 12.1. The third-order valence-electron chi connectivity index (χ3n) is 3.07. The quantitative estimate of drug-likeness (QED) is 0.694. The zero-order chi connectivity index (χ0) is 10.6. The van der Waals surface area contributed by atoms with E-state index in [9.17, 15) is 4.79 Å². The van der Waals surface area contributed by atoms with Gasteiger partial charge in [-0.25, -0.2) is 0 Å². The zero-order valence-electron chi connectivity index (χ0n) is 9.64. The van der Waals surface area contributed by atoms with Crippen LogP contribution in [0.25, 0.3) is 0 Å². The first kappa shape index (κ1) is 11.7. The van der Waals surface area contributed by atoms with E-state index in [0.29, 0.717) is 12.4 Å². The van der Waals surface area contributed by atoms with Crippen molar-refractivity contribution in [1.29, 1.82) is 0 Å². The standard InChI is InChI=1S/C12H22O2/c1-4-14-12(2,3)11(13)10-8-6-5-7-9-10/h10H,4-9H2,1-3H3. The number of Topliss-reactive ketones (excluding diaryl/α,β-unsaturated/α-hetero) is 1. The Kier molecular flexibility index (Phi) is 4.11. The maximum atomic E-state index is 12.1. The molecule has 0 radical (unpaired) electrons. The minimum Gasteiger partial charge on any atom is -0.368 e. The molecule has 0 atom stereocenters. The molecule has 0 heterocycles. The average molecular weight is 198 g/mol. The molecular formula is C12H22O2. The predicted octanol–water partition coefficient (Wildman–Crippen LogP) is 2.95. The lowest BCUT2D eigenvalue weighted by Gasteiger charge is -2.30. The van der Waals surface area contributed by atoms with E-state index >= 15 is 0 Å². The second-order valence-electron chi connectivity index (χ2n) is 4.64. The van der Waals surface area contributed by atoms with Crippen molar-refractivity contribution in [2.75, 3.05) is 6.61 Å². The van der Waals surface area contributed by atoms with Crippen LogP contribution in [0.2, 0.25) is 0 Å². The molecule has 1 fully saturated rings. The molecule has 0 aromatic rings. The van der Waals surface area contributed by atoms with Crippen LogP contribution in [0.4, 0.5) is 0 Å². The van der Waals surface area contributed by atoms with E-state index in [0.717, 1.165) is 12.8 Å². The van der Waals surface area contributed by atoms with Crippen LogP contribution in [0.15, 0.2) is 0 Å². The van der Waals surface area contributed by atoms with E-state index in [1.807, 2.05) is 20.8 Å². The number of carbonyl (C=O) groups is 1. The van der Waals surface area contributed by atoms with Crippen molar-refractivity contribution in [1.82, 2.24) is 0 Å². The van der Waals surface area contributed by atoms with Crippen LogP contribution in [0.1, 0.15) is 52.9 Å². The van der Waals surface area contributed by atoms with Gasteiger partial charge in [0.05, 0.1) is 0 Å². The fraction of sp³-hybridized carbons (Fsp3) is 0.917. The van der Waals surface area contributed by atoms with Gasteiger partial charge >= 0.3 is 0 Å². The number of rotatable bonds is 4. The van der Waals surface area contributed by atoms with E-state index in [1.54, 1.807) is 0 Å². The van der Waals surface area contributed by atoms with Crippen LogP contribution < -0.4 is 0 Å². The average Bonchev–Trinajstić information content (AvgIpc) is 2.18. The summed E-state index contributed by atoms with van der Waals surface area (Å²) in [5.41, 5.74) is -0.573. The fourth-order valence-electron chi connectivity index (χ4n) is 2.29. The van der Waals surface area contributed by atoms with Crippen LogP contribution in [-0.2, 0) is 9.53 Å². The number of ketones is 1. The van der Waals surface area contributed by atoms with Gasteiger partial charge in [0, 0.05) is 12.5 Å². The maximum Gasteiger partial charge on any atom is 0.167 e. The van der Waals surface area contributed by atoms with E-state index in [4.69, 9.17) is 4.74 Å². The van der Waals surface area contributed by atoms with Gasteiger partial charge in [-0.15, -0.1) is 0 Å². The Morgan fingerprint density at radius 1 is 1.29 bits per heavy atom. The molecule has 1 saturated carbocycles. The third kappa shape index (κ3) is 2.81. The lowest BCUT2D eigenvalue weighted by molar-refractivity contribution is -0.145. The van der Waals surface area contributed by atoms with Gasteiger partial charge in [-0.2, -0.15) is 0 Å². The van der Waals surface area contributed by atoms with E-state index < -0.39 is 5.60 Å².